The van der Waals surface area contributed by atoms with Crippen LogP contribution in [0.5, 0.6) is 0 Å². The van der Waals surface area contributed by atoms with Crippen molar-refractivity contribution in [2.45, 2.75) is 26.4 Å². The quantitative estimate of drug-likeness (QED) is 0.667. The SMILES string of the molecule is COCC(C)C1CC(=O)C=C(C)O1. The fraction of sp³-hybridized carbons (Fsp3) is 0.700. The third-order valence-electron chi connectivity index (χ3n) is 2.17. The van der Waals surface area contributed by atoms with E-state index in [1.165, 1.54) is 0 Å². The van der Waals surface area contributed by atoms with Crippen molar-refractivity contribution in [1.29, 1.82) is 0 Å². The van der Waals surface area contributed by atoms with Gasteiger partial charge in [-0.1, -0.05) is 6.92 Å². The average Bonchev–Trinajstić information content (AvgIpc) is 2.03. The predicted octanol–water partition coefficient (Wildman–Crippen LogP) is 1.53. The molecule has 0 aliphatic carbocycles. The van der Waals surface area contributed by atoms with Gasteiger partial charge >= 0.3 is 0 Å². The lowest BCUT2D eigenvalue weighted by molar-refractivity contribution is -0.120. The van der Waals surface area contributed by atoms with Crippen LogP contribution in [0.3, 0.4) is 0 Å². The van der Waals surface area contributed by atoms with E-state index in [0.29, 0.717) is 18.8 Å². The largest absolute Gasteiger partial charge is 0.494 e. The Morgan fingerprint density at radius 2 is 2.46 bits per heavy atom. The monoisotopic (exact) mass is 184 g/mol. The Labute approximate surface area is 78.7 Å². The van der Waals surface area contributed by atoms with E-state index < -0.39 is 0 Å². The van der Waals surface area contributed by atoms with Crippen LogP contribution in [0, 0.1) is 5.92 Å². The number of allylic oxidation sites excluding steroid dienone is 2. The van der Waals surface area contributed by atoms with Gasteiger partial charge in [0.25, 0.3) is 0 Å². The summed E-state index contributed by atoms with van der Waals surface area (Å²) in [6.07, 6.45) is 2.01. The van der Waals surface area contributed by atoms with Gasteiger partial charge in [-0.05, 0) is 6.92 Å². The van der Waals surface area contributed by atoms with Crippen molar-refractivity contribution >= 4 is 5.78 Å². The molecule has 74 valence electrons. The maximum absolute atomic E-state index is 11.2. The molecule has 3 nitrogen and oxygen atoms in total. The molecule has 1 heterocycles. The van der Waals surface area contributed by atoms with Crippen molar-refractivity contribution in [2.24, 2.45) is 5.92 Å². The molecule has 1 rings (SSSR count). The van der Waals surface area contributed by atoms with E-state index in [1.807, 2.05) is 13.8 Å². The zero-order chi connectivity index (χ0) is 9.84. The third kappa shape index (κ3) is 2.84. The normalized spacial score (nSPS) is 25.0. The van der Waals surface area contributed by atoms with Crippen molar-refractivity contribution in [3.05, 3.63) is 11.8 Å². The highest BCUT2D eigenvalue weighted by Gasteiger charge is 2.25. The minimum absolute atomic E-state index is 0.0163. The molecule has 0 saturated heterocycles. The molecular formula is C10H16O3. The summed E-state index contributed by atoms with van der Waals surface area (Å²) >= 11 is 0. The van der Waals surface area contributed by atoms with Crippen molar-refractivity contribution in [2.75, 3.05) is 13.7 Å². The molecule has 0 aromatic carbocycles. The van der Waals surface area contributed by atoms with Crippen molar-refractivity contribution < 1.29 is 14.3 Å². The summed E-state index contributed by atoms with van der Waals surface area (Å²) in [6, 6.07) is 0. The van der Waals surface area contributed by atoms with Gasteiger partial charge in [0.2, 0.25) is 0 Å². The van der Waals surface area contributed by atoms with Crippen LogP contribution in [0.25, 0.3) is 0 Å². The van der Waals surface area contributed by atoms with Crippen LogP contribution in [0.1, 0.15) is 20.3 Å². The number of ether oxygens (including phenoxy) is 2. The topological polar surface area (TPSA) is 35.5 Å². The molecule has 1 aliphatic rings. The predicted molar refractivity (Wildman–Crippen MR) is 49.3 cm³/mol. The number of ketones is 1. The van der Waals surface area contributed by atoms with Crippen LogP contribution >= 0.6 is 0 Å². The second-order valence-corrected chi connectivity index (χ2v) is 3.51. The number of carbonyl (C=O) groups is 1. The fourth-order valence-corrected chi connectivity index (χ4v) is 1.49. The molecule has 0 amide bonds. The highest BCUT2D eigenvalue weighted by Crippen LogP contribution is 2.20. The Kier molecular flexibility index (Phi) is 3.48. The van der Waals surface area contributed by atoms with Gasteiger partial charge in [0, 0.05) is 25.5 Å². The molecule has 0 spiro atoms. The zero-order valence-electron chi connectivity index (χ0n) is 8.37. The van der Waals surface area contributed by atoms with Gasteiger partial charge in [-0.15, -0.1) is 0 Å². The van der Waals surface area contributed by atoms with Gasteiger partial charge in [0.15, 0.2) is 5.78 Å². The molecule has 0 bridgehead atoms. The van der Waals surface area contributed by atoms with Crippen molar-refractivity contribution in [1.82, 2.24) is 0 Å². The second-order valence-electron chi connectivity index (χ2n) is 3.51. The van der Waals surface area contributed by atoms with E-state index >= 15 is 0 Å². The number of methoxy groups -OCH3 is 1. The fourth-order valence-electron chi connectivity index (χ4n) is 1.49. The highest BCUT2D eigenvalue weighted by atomic mass is 16.5. The lowest BCUT2D eigenvalue weighted by atomic mass is 9.98. The lowest BCUT2D eigenvalue weighted by Gasteiger charge is -2.27. The van der Waals surface area contributed by atoms with Crippen LogP contribution in [0.15, 0.2) is 11.8 Å². The van der Waals surface area contributed by atoms with Crippen LogP contribution in [0.2, 0.25) is 0 Å². The Morgan fingerprint density at radius 3 is 3.00 bits per heavy atom. The van der Waals surface area contributed by atoms with E-state index in [9.17, 15) is 4.79 Å². The smallest absolute Gasteiger partial charge is 0.162 e. The first kappa shape index (κ1) is 10.3. The summed E-state index contributed by atoms with van der Waals surface area (Å²) in [5.41, 5.74) is 0. The number of hydrogen-bond acceptors (Lipinski definition) is 3. The van der Waals surface area contributed by atoms with E-state index in [-0.39, 0.29) is 17.8 Å². The molecule has 2 unspecified atom stereocenters. The van der Waals surface area contributed by atoms with E-state index in [1.54, 1.807) is 13.2 Å². The molecule has 0 saturated carbocycles. The summed E-state index contributed by atoms with van der Waals surface area (Å²) in [4.78, 5) is 11.2. The van der Waals surface area contributed by atoms with Crippen molar-refractivity contribution in [3.63, 3.8) is 0 Å². The molecule has 0 radical (unpaired) electrons. The molecule has 1 aliphatic heterocycles. The first-order valence-electron chi connectivity index (χ1n) is 4.50. The molecule has 0 N–H and O–H groups in total. The van der Waals surface area contributed by atoms with E-state index in [0.717, 1.165) is 0 Å². The molecule has 13 heavy (non-hydrogen) atoms. The summed E-state index contributed by atoms with van der Waals surface area (Å²) in [7, 11) is 1.66. The molecular weight excluding hydrogens is 168 g/mol. The summed E-state index contributed by atoms with van der Waals surface area (Å²) in [5.74, 6) is 1.12. The number of carbonyl (C=O) groups excluding carboxylic acids is 1. The van der Waals surface area contributed by atoms with Gasteiger partial charge in [-0.3, -0.25) is 4.79 Å². The minimum Gasteiger partial charge on any atom is -0.494 e. The Hall–Kier alpha value is -0.830. The second kappa shape index (κ2) is 4.42. The van der Waals surface area contributed by atoms with E-state index in [4.69, 9.17) is 9.47 Å². The minimum atomic E-state index is -0.0163. The van der Waals surface area contributed by atoms with Gasteiger partial charge in [0.1, 0.15) is 6.10 Å². The van der Waals surface area contributed by atoms with Crippen molar-refractivity contribution in [3.8, 4) is 0 Å². The lowest BCUT2D eigenvalue weighted by Crippen LogP contribution is -2.30. The van der Waals surface area contributed by atoms with Gasteiger partial charge < -0.3 is 9.47 Å². The zero-order valence-corrected chi connectivity index (χ0v) is 8.37. The number of rotatable bonds is 3. The first-order valence-corrected chi connectivity index (χ1v) is 4.50. The maximum atomic E-state index is 11.2. The number of hydrogen-bond donors (Lipinski definition) is 0. The summed E-state index contributed by atoms with van der Waals surface area (Å²) in [6.45, 7) is 4.47. The summed E-state index contributed by atoms with van der Waals surface area (Å²) in [5, 5.41) is 0. The van der Waals surface area contributed by atoms with E-state index in [2.05, 4.69) is 0 Å². The first-order chi connectivity index (χ1) is 6.13. The van der Waals surface area contributed by atoms with Gasteiger partial charge in [-0.25, -0.2) is 0 Å². The third-order valence-corrected chi connectivity index (χ3v) is 2.17. The van der Waals surface area contributed by atoms with Crippen LogP contribution in [0.4, 0.5) is 0 Å². The molecule has 0 aromatic rings. The molecule has 0 fully saturated rings. The standard InChI is InChI=1S/C10H16O3/c1-7(6-12-3)10-5-9(11)4-8(2)13-10/h4,7,10H,5-6H2,1-3H3. The maximum Gasteiger partial charge on any atom is 0.162 e. The molecule has 2 atom stereocenters. The Balaban J connectivity index is 2.54. The van der Waals surface area contributed by atoms with Crippen LogP contribution < -0.4 is 0 Å². The Bertz CT molecular complexity index is 220. The highest BCUT2D eigenvalue weighted by molar-refractivity contribution is 5.91. The van der Waals surface area contributed by atoms with Gasteiger partial charge in [-0.2, -0.15) is 0 Å². The summed E-state index contributed by atoms with van der Waals surface area (Å²) < 4.78 is 10.5. The van der Waals surface area contributed by atoms with Crippen LogP contribution in [-0.4, -0.2) is 25.6 Å². The Morgan fingerprint density at radius 1 is 1.77 bits per heavy atom. The molecule has 0 aromatic heterocycles. The molecule has 3 heteroatoms. The van der Waals surface area contributed by atoms with Crippen LogP contribution in [-0.2, 0) is 14.3 Å². The average molecular weight is 184 g/mol. The van der Waals surface area contributed by atoms with Gasteiger partial charge in [0.05, 0.1) is 12.4 Å².